The molecule has 25 heavy (non-hydrogen) atoms. The predicted molar refractivity (Wildman–Crippen MR) is 92.6 cm³/mol. The smallest absolute Gasteiger partial charge is 0.247 e. The lowest BCUT2D eigenvalue weighted by Gasteiger charge is -2.28. The summed E-state index contributed by atoms with van der Waals surface area (Å²) in [5.41, 5.74) is 2.17. The Labute approximate surface area is 146 Å². The van der Waals surface area contributed by atoms with Crippen LogP contribution in [0.3, 0.4) is 0 Å². The SMILES string of the molecule is Cc1ccc(-c2nnc(C(C)N3CCCC3Cn3cncn3)o2)cc1. The molecule has 1 aliphatic heterocycles. The number of benzene rings is 1. The molecule has 4 rings (SSSR count). The normalized spacial score (nSPS) is 19.4. The lowest BCUT2D eigenvalue weighted by Crippen LogP contribution is -2.35. The first-order valence-electron chi connectivity index (χ1n) is 8.69. The highest BCUT2D eigenvalue weighted by Gasteiger charge is 2.32. The average molecular weight is 338 g/mol. The van der Waals surface area contributed by atoms with Crippen molar-refractivity contribution in [1.82, 2.24) is 29.9 Å². The van der Waals surface area contributed by atoms with E-state index in [1.54, 1.807) is 12.7 Å². The molecule has 0 saturated carbocycles. The minimum Gasteiger partial charge on any atom is -0.419 e. The minimum atomic E-state index is 0.0859. The summed E-state index contributed by atoms with van der Waals surface area (Å²) in [7, 11) is 0. The van der Waals surface area contributed by atoms with Gasteiger partial charge in [0.25, 0.3) is 0 Å². The zero-order valence-corrected chi connectivity index (χ0v) is 14.5. The molecule has 1 aliphatic rings. The molecule has 7 heteroatoms. The van der Waals surface area contributed by atoms with Gasteiger partial charge in [0.2, 0.25) is 11.8 Å². The molecule has 0 amide bonds. The fourth-order valence-corrected chi connectivity index (χ4v) is 3.46. The van der Waals surface area contributed by atoms with E-state index in [1.807, 2.05) is 16.8 Å². The van der Waals surface area contributed by atoms with E-state index < -0.39 is 0 Å². The largest absolute Gasteiger partial charge is 0.419 e. The van der Waals surface area contributed by atoms with Crippen LogP contribution in [0.4, 0.5) is 0 Å². The van der Waals surface area contributed by atoms with Gasteiger partial charge in [-0.05, 0) is 45.4 Å². The van der Waals surface area contributed by atoms with Crippen molar-refractivity contribution >= 4 is 0 Å². The summed E-state index contributed by atoms with van der Waals surface area (Å²) in [5, 5.41) is 12.8. The van der Waals surface area contributed by atoms with E-state index in [0.29, 0.717) is 17.8 Å². The van der Waals surface area contributed by atoms with Gasteiger partial charge in [-0.25, -0.2) is 4.98 Å². The summed E-state index contributed by atoms with van der Waals surface area (Å²) in [6.07, 6.45) is 5.66. The summed E-state index contributed by atoms with van der Waals surface area (Å²) in [6.45, 7) is 6.06. The Balaban J connectivity index is 1.50. The molecule has 2 atom stereocenters. The highest BCUT2D eigenvalue weighted by Crippen LogP contribution is 2.30. The van der Waals surface area contributed by atoms with Gasteiger partial charge in [0.05, 0.1) is 12.6 Å². The number of hydrogen-bond donors (Lipinski definition) is 0. The number of aromatic nitrogens is 5. The van der Waals surface area contributed by atoms with Crippen molar-refractivity contribution in [2.24, 2.45) is 0 Å². The van der Waals surface area contributed by atoms with Crippen LogP contribution in [0.5, 0.6) is 0 Å². The molecule has 2 aromatic heterocycles. The fourth-order valence-electron chi connectivity index (χ4n) is 3.46. The Morgan fingerprint density at radius 2 is 2.08 bits per heavy atom. The summed E-state index contributed by atoms with van der Waals surface area (Å²) < 4.78 is 7.86. The topological polar surface area (TPSA) is 72.9 Å². The van der Waals surface area contributed by atoms with Crippen molar-refractivity contribution < 1.29 is 4.42 Å². The number of likely N-dealkylation sites (tertiary alicyclic amines) is 1. The van der Waals surface area contributed by atoms with Crippen molar-refractivity contribution in [1.29, 1.82) is 0 Å². The molecule has 2 unspecified atom stereocenters. The van der Waals surface area contributed by atoms with Crippen molar-refractivity contribution in [3.8, 4) is 11.5 Å². The first-order chi connectivity index (χ1) is 12.2. The first-order valence-corrected chi connectivity index (χ1v) is 8.69. The molecule has 3 aromatic rings. The van der Waals surface area contributed by atoms with Crippen molar-refractivity contribution in [2.45, 2.75) is 45.3 Å². The van der Waals surface area contributed by atoms with Crippen molar-refractivity contribution in [3.63, 3.8) is 0 Å². The summed E-state index contributed by atoms with van der Waals surface area (Å²) in [4.78, 5) is 6.45. The molecule has 0 bridgehead atoms. The molecule has 1 saturated heterocycles. The van der Waals surface area contributed by atoms with E-state index in [4.69, 9.17) is 4.42 Å². The van der Waals surface area contributed by atoms with Gasteiger partial charge >= 0.3 is 0 Å². The first kappa shape index (κ1) is 16.0. The lowest BCUT2D eigenvalue weighted by molar-refractivity contribution is 0.152. The zero-order chi connectivity index (χ0) is 17.2. The third-order valence-corrected chi connectivity index (χ3v) is 4.88. The lowest BCUT2D eigenvalue weighted by atomic mass is 10.1. The van der Waals surface area contributed by atoms with Gasteiger partial charge in [0.15, 0.2) is 0 Å². The van der Waals surface area contributed by atoms with Crippen LogP contribution in [0.2, 0.25) is 0 Å². The van der Waals surface area contributed by atoms with E-state index in [1.165, 1.54) is 12.0 Å². The second-order valence-corrected chi connectivity index (χ2v) is 6.64. The molecular weight excluding hydrogens is 316 g/mol. The van der Waals surface area contributed by atoms with E-state index in [0.717, 1.165) is 25.1 Å². The summed E-state index contributed by atoms with van der Waals surface area (Å²) in [6, 6.07) is 8.63. The van der Waals surface area contributed by atoms with Gasteiger partial charge in [-0.1, -0.05) is 17.7 Å². The van der Waals surface area contributed by atoms with Crippen LogP contribution < -0.4 is 0 Å². The Morgan fingerprint density at radius 1 is 1.24 bits per heavy atom. The highest BCUT2D eigenvalue weighted by molar-refractivity contribution is 5.52. The fraction of sp³-hybridized carbons (Fsp3) is 0.444. The maximum atomic E-state index is 5.97. The monoisotopic (exact) mass is 338 g/mol. The van der Waals surface area contributed by atoms with Gasteiger partial charge in [-0.2, -0.15) is 5.10 Å². The Hall–Kier alpha value is -2.54. The third kappa shape index (κ3) is 3.32. The Morgan fingerprint density at radius 3 is 2.84 bits per heavy atom. The third-order valence-electron chi connectivity index (χ3n) is 4.88. The van der Waals surface area contributed by atoms with Crippen molar-refractivity contribution in [3.05, 3.63) is 48.4 Å². The van der Waals surface area contributed by atoms with Gasteiger partial charge in [0, 0.05) is 11.6 Å². The predicted octanol–water partition coefficient (Wildman–Crippen LogP) is 2.86. The van der Waals surface area contributed by atoms with Crippen LogP contribution >= 0.6 is 0 Å². The highest BCUT2D eigenvalue weighted by atomic mass is 16.4. The quantitative estimate of drug-likeness (QED) is 0.712. The van der Waals surface area contributed by atoms with E-state index in [-0.39, 0.29) is 6.04 Å². The van der Waals surface area contributed by atoms with Gasteiger partial charge in [-0.15, -0.1) is 10.2 Å². The molecule has 1 aromatic carbocycles. The molecule has 0 aliphatic carbocycles. The summed E-state index contributed by atoms with van der Waals surface area (Å²) >= 11 is 0. The molecule has 1 fully saturated rings. The number of rotatable bonds is 5. The van der Waals surface area contributed by atoms with Crippen molar-refractivity contribution in [2.75, 3.05) is 6.54 Å². The van der Waals surface area contributed by atoms with E-state index in [9.17, 15) is 0 Å². The maximum Gasteiger partial charge on any atom is 0.247 e. The molecule has 7 nitrogen and oxygen atoms in total. The molecule has 0 N–H and O–H groups in total. The second kappa shape index (κ2) is 6.76. The van der Waals surface area contributed by atoms with Gasteiger partial charge < -0.3 is 4.42 Å². The van der Waals surface area contributed by atoms with Crippen LogP contribution in [-0.4, -0.2) is 42.4 Å². The van der Waals surface area contributed by atoms with E-state index >= 15 is 0 Å². The van der Waals surface area contributed by atoms with Gasteiger partial charge in [-0.3, -0.25) is 9.58 Å². The average Bonchev–Trinajstić information content (AvgIpc) is 3.37. The molecule has 130 valence electrons. The minimum absolute atomic E-state index is 0.0859. The standard InChI is InChI=1S/C18H22N6O/c1-13-5-7-15(8-6-13)18-22-21-17(25-18)14(2)24-9-3-4-16(24)10-23-12-19-11-20-23/h5-8,11-12,14,16H,3-4,9-10H2,1-2H3. The molecule has 0 spiro atoms. The number of nitrogens with zero attached hydrogens (tertiary/aromatic N) is 6. The Kier molecular flexibility index (Phi) is 4.31. The summed E-state index contributed by atoms with van der Waals surface area (Å²) in [5.74, 6) is 1.25. The number of hydrogen-bond acceptors (Lipinski definition) is 6. The molecule has 0 radical (unpaired) electrons. The van der Waals surface area contributed by atoms with Crippen LogP contribution in [0.1, 0.15) is 37.3 Å². The maximum absolute atomic E-state index is 5.97. The number of aryl methyl sites for hydroxylation is 1. The van der Waals surface area contributed by atoms with Crippen LogP contribution in [0, 0.1) is 6.92 Å². The molecular formula is C18H22N6O. The van der Waals surface area contributed by atoms with Crippen LogP contribution in [-0.2, 0) is 6.54 Å². The Bertz CT molecular complexity index is 810. The molecule has 3 heterocycles. The second-order valence-electron chi connectivity index (χ2n) is 6.64. The van der Waals surface area contributed by atoms with E-state index in [2.05, 4.69) is 51.2 Å². The van der Waals surface area contributed by atoms with Gasteiger partial charge in [0.1, 0.15) is 12.7 Å². The van der Waals surface area contributed by atoms with Crippen LogP contribution in [0.15, 0.2) is 41.3 Å². The van der Waals surface area contributed by atoms with Crippen LogP contribution in [0.25, 0.3) is 11.5 Å². The zero-order valence-electron chi connectivity index (χ0n) is 14.5.